The van der Waals surface area contributed by atoms with Crippen molar-refractivity contribution in [1.82, 2.24) is 9.97 Å². The zero-order valence-corrected chi connectivity index (χ0v) is 19.8. The van der Waals surface area contributed by atoms with E-state index in [0.29, 0.717) is 11.3 Å². The summed E-state index contributed by atoms with van der Waals surface area (Å²) < 4.78 is 26.2. The average molecular weight is 613 g/mol. The number of benzene rings is 3. The number of pyridine rings is 2. The first kappa shape index (κ1) is 24.1. The molecular weight excluding hydrogens is 595 g/mol. The smallest absolute Gasteiger partial charge is 0.0765 e. The summed E-state index contributed by atoms with van der Waals surface area (Å²) in [4.78, 5) is 8.40. The van der Waals surface area contributed by atoms with E-state index in [-0.39, 0.29) is 20.1 Å². The summed E-state index contributed by atoms with van der Waals surface area (Å²) in [7, 11) is 0. The Hall–Kier alpha value is -3.53. The second kappa shape index (κ2) is 11.9. The summed E-state index contributed by atoms with van der Waals surface area (Å²) in [6.07, 6.45) is 3.43. The third kappa shape index (κ3) is 6.48. The molecule has 0 N–H and O–H groups in total. The molecule has 0 aliphatic rings. The molecule has 0 spiro atoms. The number of aromatic nitrogens is 2. The summed E-state index contributed by atoms with van der Waals surface area (Å²) >= 11 is 0. The Morgan fingerprint density at radius 2 is 1.33 bits per heavy atom. The van der Waals surface area contributed by atoms with Crippen LogP contribution in [0.25, 0.3) is 33.6 Å². The minimum Gasteiger partial charge on any atom is -0.305 e. The summed E-state index contributed by atoms with van der Waals surface area (Å²) in [5.74, 6) is -1.81. The third-order valence-electron chi connectivity index (χ3n) is 4.65. The van der Waals surface area contributed by atoms with E-state index in [9.17, 15) is 8.78 Å². The van der Waals surface area contributed by atoms with Gasteiger partial charge in [-0.3, -0.25) is 4.39 Å². The van der Waals surface area contributed by atoms with Gasteiger partial charge in [-0.05, 0) is 34.6 Å². The monoisotopic (exact) mass is 613 g/mol. The molecule has 5 heteroatoms. The number of halogens is 2. The number of hydrogen-bond donors (Lipinski definition) is 0. The summed E-state index contributed by atoms with van der Waals surface area (Å²) in [6, 6.07) is 35.1. The van der Waals surface area contributed by atoms with Crippen LogP contribution in [0.15, 0.2) is 109 Å². The van der Waals surface area contributed by atoms with Gasteiger partial charge in [0.2, 0.25) is 0 Å². The number of nitrogens with zero attached hydrogens (tertiary/aromatic N) is 2. The van der Waals surface area contributed by atoms with Gasteiger partial charge in [0.25, 0.3) is 0 Å². The van der Waals surface area contributed by atoms with Gasteiger partial charge < -0.3 is 9.97 Å². The van der Waals surface area contributed by atoms with E-state index in [1.165, 1.54) is 0 Å². The normalized spacial score (nSPS) is 9.88. The van der Waals surface area contributed by atoms with Gasteiger partial charge in [0.1, 0.15) is 0 Å². The Balaban J connectivity index is 0.000000202. The Labute approximate surface area is 205 Å². The van der Waals surface area contributed by atoms with Crippen molar-refractivity contribution in [3.8, 4) is 33.6 Å². The molecule has 3 aromatic carbocycles. The van der Waals surface area contributed by atoms with Crippen LogP contribution in [0.2, 0.25) is 0 Å². The second-order valence-corrected chi connectivity index (χ2v) is 6.83. The zero-order chi connectivity index (χ0) is 22.2. The van der Waals surface area contributed by atoms with E-state index in [1.54, 1.807) is 12.4 Å². The van der Waals surface area contributed by atoms with Crippen LogP contribution >= 0.6 is 0 Å². The van der Waals surface area contributed by atoms with Crippen molar-refractivity contribution in [2.24, 2.45) is 0 Å². The van der Waals surface area contributed by atoms with Crippen LogP contribution in [-0.2, 0) is 20.1 Å². The Kier molecular flexibility index (Phi) is 8.70. The minimum atomic E-state index is -0.909. The molecular formula is C28H18F2IrN2-2. The molecule has 5 aromatic rings. The van der Waals surface area contributed by atoms with E-state index in [0.717, 1.165) is 34.5 Å². The predicted molar refractivity (Wildman–Crippen MR) is 122 cm³/mol. The molecule has 5 rings (SSSR count). The fourth-order valence-corrected chi connectivity index (χ4v) is 3.06. The molecule has 165 valence electrons. The molecule has 0 fully saturated rings. The fourth-order valence-electron chi connectivity index (χ4n) is 3.06. The largest absolute Gasteiger partial charge is 0.305 e. The van der Waals surface area contributed by atoms with Gasteiger partial charge in [-0.2, -0.15) is 0 Å². The molecule has 0 unspecified atom stereocenters. The maximum absolute atomic E-state index is 13.3. The van der Waals surface area contributed by atoms with Gasteiger partial charge in [-0.25, -0.2) is 4.39 Å². The van der Waals surface area contributed by atoms with Crippen molar-refractivity contribution in [2.75, 3.05) is 0 Å². The number of hydrogen-bond acceptors (Lipinski definition) is 2. The van der Waals surface area contributed by atoms with E-state index in [2.05, 4.69) is 22.1 Å². The SMILES string of the molecule is Fc1c[c-]c(-c2cc(-c3ccccc3)ccn2)cc1F.[Ir].[c-]1ccccc1-c1ccccn1. The van der Waals surface area contributed by atoms with Gasteiger partial charge in [-0.1, -0.05) is 48.5 Å². The molecule has 0 atom stereocenters. The first-order valence-corrected chi connectivity index (χ1v) is 9.97. The minimum absolute atomic E-state index is 0. The summed E-state index contributed by atoms with van der Waals surface area (Å²) in [6.45, 7) is 0. The van der Waals surface area contributed by atoms with Crippen molar-refractivity contribution in [2.45, 2.75) is 0 Å². The van der Waals surface area contributed by atoms with Crippen LogP contribution in [-0.4, -0.2) is 9.97 Å². The quantitative estimate of drug-likeness (QED) is 0.204. The van der Waals surface area contributed by atoms with E-state index in [4.69, 9.17) is 0 Å². The van der Waals surface area contributed by atoms with E-state index in [1.807, 2.05) is 84.9 Å². The maximum Gasteiger partial charge on any atom is 0.0765 e. The molecule has 0 saturated carbocycles. The molecule has 0 aliphatic heterocycles. The molecule has 0 saturated heterocycles. The van der Waals surface area contributed by atoms with Crippen LogP contribution in [0.1, 0.15) is 0 Å². The average Bonchev–Trinajstić information content (AvgIpc) is 2.88. The molecule has 0 aliphatic carbocycles. The maximum atomic E-state index is 13.3. The van der Waals surface area contributed by atoms with Crippen molar-refractivity contribution in [3.63, 3.8) is 0 Å². The Morgan fingerprint density at radius 3 is 2.03 bits per heavy atom. The molecule has 2 heterocycles. The molecule has 1 radical (unpaired) electrons. The van der Waals surface area contributed by atoms with Gasteiger partial charge in [-0.15, -0.1) is 59.7 Å². The predicted octanol–water partition coefficient (Wildman–Crippen LogP) is 7.04. The van der Waals surface area contributed by atoms with Gasteiger partial charge in [0.15, 0.2) is 0 Å². The summed E-state index contributed by atoms with van der Waals surface area (Å²) in [5.41, 5.74) is 5.01. The van der Waals surface area contributed by atoms with E-state index < -0.39 is 11.6 Å². The Bertz CT molecular complexity index is 1240. The van der Waals surface area contributed by atoms with Crippen LogP contribution in [0.4, 0.5) is 8.78 Å². The standard InChI is InChI=1S/C17H10F2N.C11H8N.Ir/c18-15-7-6-14(10-16(15)19)17-11-13(8-9-20-17)12-4-2-1-3-5-12;1-2-6-10(7-3-1)11-8-4-5-9-12-11;/h1-5,7-11H;1-6,8-9H;/q2*-1;. The van der Waals surface area contributed by atoms with Gasteiger partial charge in [0, 0.05) is 32.5 Å². The van der Waals surface area contributed by atoms with Crippen LogP contribution < -0.4 is 0 Å². The zero-order valence-electron chi connectivity index (χ0n) is 17.4. The van der Waals surface area contributed by atoms with Crippen LogP contribution in [0, 0.1) is 23.8 Å². The van der Waals surface area contributed by atoms with E-state index >= 15 is 0 Å². The molecule has 2 nitrogen and oxygen atoms in total. The topological polar surface area (TPSA) is 25.8 Å². The fraction of sp³-hybridized carbons (Fsp3) is 0. The van der Waals surface area contributed by atoms with Crippen molar-refractivity contribution >= 4 is 0 Å². The first-order valence-electron chi connectivity index (χ1n) is 9.97. The third-order valence-corrected chi connectivity index (χ3v) is 4.65. The van der Waals surface area contributed by atoms with Crippen molar-refractivity contribution < 1.29 is 28.9 Å². The Morgan fingerprint density at radius 1 is 0.576 bits per heavy atom. The second-order valence-electron chi connectivity index (χ2n) is 6.83. The first-order chi connectivity index (χ1) is 15.7. The van der Waals surface area contributed by atoms with Crippen molar-refractivity contribution in [1.29, 1.82) is 0 Å². The molecule has 33 heavy (non-hydrogen) atoms. The van der Waals surface area contributed by atoms with Crippen LogP contribution in [0.5, 0.6) is 0 Å². The molecule has 2 aromatic heterocycles. The van der Waals surface area contributed by atoms with Gasteiger partial charge >= 0.3 is 0 Å². The van der Waals surface area contributed by atoms with Gasteiger partial charge in [0.05, 0.1) is 11.6 Å². The number of rotatable bonds is 3. The summed E-state index contributed by atoms with van der Waals surface area (Å²) in [5, 5.41) is 0. The van der Waals surface area contributed by atoms with Crippen LogP contribution in [0.3, 0.4) is 0 Å². The molecule has 0 bridgehead atoms. The van der Waals surface area contributed by atoms with Crippen molar-refractivity contribution in [3.05, 3.63) is 133 Å². The molecule has 0 amide bonds.